The van der Waals surface area contributed by atoms with Gasteiger partial charge in [0.1, 0.15) is 6.10 Å². The van der Waals surface area contributed by atoms with Crippen molar-refractivity contribution in [3.63, 3.8) is 0 Å². The summed E-state index contributed by atoms with van der Waals surface area (Å²) in [6.07, 6.45) is 10.4. The first-order valence-corrected chi connectivity index (χ1v) is 6.94. The Balaban J connectivity index is 2.57. The Morgan fingerprint density at radius 3 is 2.65 bits per heavy atom. The Bertz CT molecular complexity index is 256. The van der Waals surface area contributed by atoms with Gasteiger partial charge in [-0.25, -0.2) is 0 Å². The molecule has 0 aliphatic carbocycles. The molecular weight excluding hydrogens is 212 g/mol. The first-order valence-electron chi connectivity index (χ1n) is 6.94. The van der Waals surface area contributed by atoms with Crippen LogP contribution < -0.4 is 0 Å². The highest BCUT2D eigenvalue weighted by atomic mass is 16.5. The van der Waals surface area contributed by atoms with Crippen LogP contribution in [0.4, 0.5) is 0 Å². The van der Waals surface area contributed by atoms with Crippen molar-refractivity contribution < 1.29 is 9.53 Å². The van der Waals surface area contributed by atoms with E-state index in [1.807, 2.05) is 0 Å². The SMILES string of the molecule is CC1C/C=C/CC(C(C)C)OC(=O)CCCC1. The van der Waals surface area contributed by atoms with E-state index in [2.05, 4.69) is 32.9 Å². The Morgan fingerprint density at radius 1 is 1.24 bits per heavy atom. The summed E-state index contributed by atoms with van der Waals surface area (Å²) in [7, 11) is 0. The summed E-state index contributed by atoms with van der Waals surface area (Å²) in [5.74, 6) is 1.11. The van der Waals surface area contributed by atoms with Gasteiger partial charge in [-0.2, -0.15) is 0 Å². The fraction of sp³-hybridized carbons (Fsp3) is 0.800. The average Bonchev–Trinajstić information content (AvgIpc) is 2.26. The highest BCUT2D eigenvalue weighted by Crippen LogP contribution is 2.18. The molecule has 0 aromatic heterocycles. The second kappa shape index (κ2) is 7.52. The van der Waals surface area contributed by atoms with Gasteiger partial charge >= 0.3 is 5.97 Å². The number of hydrogen-bond donors (Lipinski definition) is 0. The van der Waals surface area contributed by atoms with Gasteiger partial charge in [-0.3, -0.25) is 4.79 Å². The van der Waals surface area contributed by atoms with Crippen LogP contribution in [-0.4, -0.2) is 12.1 Å². The standard InChI is InChI=1S/C15H26O2/c1-12(2)14-10-6-4-8-13(3)9-5-7-11-15(16)17-14/h4,6,12-14H,5,7-11H2,1-3H3/b6-4+. The minimum Gasteiger partial charge on any atom is -0.462 e. The van der Waals surface area contributed by atoms with Crippen molar-refractivity contribution in [2.75, 3.05) is 0 Å². The molecule has 0 bridgehead atoms. The van der Waals surface area contributed by atoms with E-state index >= 15 is 0 Å². The molecule has 17 heavy (non-hydrogen) atoms. The molecule has 0 N–H and O–H groups in total. The molecule has 1 rings (SSSR count). The van der Waals surface area contributed by atoms with Crippen LogP contribution in [-0.2, 0) is 9.53 Å². The Labute approximate surface area is 105 Å². The number of esters is 1. The highest BCUT2D eigenvalue weighted by Gasteiger charge is 2.17. The van der Waals surface area contributed by atoms with Crippen LogP contribution in [0.5, 0.6) is 0 Å². The molecule has 1 heterocycles. The zero-order valence-corrected chi connectivity index (χ0v) is 11.4. The quantitative estimate of drug-likeness (QED) is 0.508. The van der Waals surface area contributed by atoms with Gasteiger partial charge in [-0.05, 0) is 24.7 Å². The zero-order chi connectivity index (χ0) is 12.7. The third-order valence-electron chi connectivity index (χ3n) is 3.43. The lowest BCUT2D eigenvalue weighted by Crippen LogP contribution is -2.23. The van der Waals surface area contributed by atoms with Crippen LogP contribution >= 0.6 is 0 Å². The first kappa shape index (κ1) is 14.3. The predicted molar refractivity (Wildman–Crippen MR) is 70.7 cm³/mol. The molecule has 0 aromatic rings. The van der Waals surface area contributed by atoms with Crippen LogP contribution in [0.2, 0.25) is 0 Å². The van der Waals surface area contributed by atoms with E-state index in [0.29, 0.717) is 12.3 Å². The predicted octanol–water partition coefficient (Wildman–Crippen LogP) is 4.10. The van der Waals surface area contributed by atoms with Gasteiger partial charge in [0, 0.05) is 12.8 Å². The van der Waals surface area contributed by atoms with E-state index in [1.165, 1.54) is 6.42 Å². The van der Waals surface area contributed by atoms with Crippen molar-refractivity contribution in [3.8, 4) is 0 Å². The molecule has 0 saturated heterocycles. The number of hydrogen-bond acceptors (Lipinski definition) is 2. The van der Waals surface area contributed by atoms with Crippen molar-refractivity contribution in [2.24, 2.45) is 11.8 Å². The Hall–Kier alpha value is -0.790. The molecule has 2 atom stereocenters. The second-order valence-electron chi connectivity index (χ2n) is 5.57. The Kier molecular flexibility index (Phi) is 6.31. The third-order valence-corrected chi connectivity index (χ3v) is 3.43. The summed E-state index contributed by atoms with van der Waals surface area (Å²) in [5, 5.41) is 0. The number of allylic oxidation sites excluding steroid dienone is 1. The summed E-state index contributed by atoms with van der Waals surface area (Å²) < 4.78 is 5.52. The van der Waals surface area contributed by atoms with E-state index in [9.17, 15) is 4.79 Å². The van der Waals surface area contributed by atoms with Crippen LogP contribution in [0.25, 0.3) is 0 Å². The number of carbonyl (C=O) groups excluding carboxylic acids is 1. The van der Waals surface area contributed by atoms with Crippen molar-refractivity contribution >= 4 is 5.97 Å². The maximum Gasteiger partial charge on any atom is 0.306 e. The summed E-state index contributed by atoms with van der Waals surface area (Å²) in [4.78, 5) is 11.6. The van der Waals surface area contributed by atoms with Crippen LogP contribution in [0.15, 0.2) is 12.2 Å². The molecule has 0 fully saturated rings. The number of carbonyl (C=O) groups is 1. The monoisotopic (exact) mass is 238 g/mol. The highest BCUT2D eigenvalue weighted by molar-refractivity contribution is 5.69. The molecule has 0 saturated carbocycles. The van der Waals surface area contributed by atoms with Crippen LogP contribution in [0.1, 0.15) is 59.3 Å². The van der Waals surface area contributed by atoms with Crippen molar-refractivity contribution in [1.29, 1.82) is 0 Å². The van der Waals surface area contributed by atoms with E-state index in [4.69, 9.17) is 4.74 Å². The minimum atomic E-state index is -0.0228. The topological polar surface area (TPSA) is 26.3 Å². The van der Waals surface area contributed by atoms with Gasteiger partial charge in [0.2, 0.25) is 0 Å². The molecule has 0 aromatic carbocycles. The number of cyclic esters (lactones) is 1. The number of ether oxygens (including phenoxy) is 1. The zero-order valence-electron chi connectivity index (χ0n) is 11.4. The van der Waals surface area contributed by atoms with E-state index in [-0.39, 0.29) is 12.1 Å². The molecule has 2 heteroatoms. The summed E-state index contributed by atoms with van der Waals surface area (Å²) >= 11 is 0. The van der Waals surface area contributed by atoms with Crippen molar-refractivity contribution in [2.45, 2.75) is 65.4 Å². The van der Waals surface area contributed by atoms with Gasteiger partial charge in [0.15, 0.2) is 0 Å². The maximum atomic E-state index is 11.6. The van der Waals surface area contributed by atoms with Crippen LogP contribution in [0, 0.1) is 11.8 Å². The molecule has 2 nitrogen and oxygen atoms in total. The molecular formula is C15H26O2. The molecule has 98 valence electrons. The average molecular weight is 238 g/mol. The maximum absolute atomic E-state index is 11.6. The molecule has 0 radical (unpaired) electrons. The fourth-order valence-electron chi connectivity index (χ4n) is 2.12. The third kappa shape index (κ3) is 5.90. The van der Waals surface area contributed by atoms with E-state index in [0.717, 1.165) is 31.6 Å². The summed E-state index contributed by atoms with van der Waals surface area (Å²) in [5.41, 5.74) is 0. The summed E-state index contributed by atoms with van der Waals surface area (Å²) in [6.45, 7) is 6.51. The molecule has 1 aliphatic heterocycles. The number of rotatable bonds is 1. The second-order valence-corrected chi connectivity index (χ2v) is 5.57. The smallest absolute Gasteiger partial charge is 0.306 e. The summed E-state index contributed by atoms with van der Waals surface area (Å²) in [6, 6.07) is 0. The van der Waals surface area contributed by atoms with E-state index in [1.54, 1.807) is 0 Å². The van der Waals surface area contributed by atoms with Crippen molar-refractivity contribution in [1.82, 2.24) is 0 Å². The van der Waals surface area contributed by atoms with Gasteiger partial charge in [-0.15, -0.1) is 0 Å². The van der Waals surface area contributed by atoms with Crippen molar-refractivity contribution in [3.05, 3.63) is 12.2 Å². The lowest BCUT2D eigenvalue weighted by molar-refractivity contribution is -0.151. The van der Waals surface area contributed by atoms with Gasteiger partial charge in [0.25, 0.3) is 0 Å². The van der Waals surface area contributed by atoms with Gasteiger partial charge < -0.3 is 4.74 Å². The first-order chi connectivity index (χ1) is 8.09. The molecule has 0 amide bonds. The fourth-order valence-corrected chi connectivity index (χ4v) is 2.12. The lowest BCUT2D eigenvalue weighted by atomic mass is 9.98. The molecule has 2 unspecified atom stereocenters. The van der Waals surface area contributed by atoms with Gasteiger partial charge in [0.05, 0.1) is 0 Å². The molecule has 1 aliphatic rings. The van der Waals surface area contributed by atoms with E-state index < -0.39 is 0 Å². The lowest BCUT2D eigenvalue weighted by Gasteiger charge is -2.20. The minimum absolute atomic E-state index is 0.0228. The molecule has 0 spiro atoms. The normalized spacial score (nSPS) is 30.2. The Morgan fingerprint density at radius 2 is 1.94 bits per heavy atom. The van der Waals surface area contributed by atoms with Gasteiger partial charge in [-0.1, -0.05) is 45.8 Å². The largest absolute Gasteiger partial charge is 0.462 e. The van der Waals surface area contributed by atoms with Crippen LogP contribution in [0.3, 0.4) is 0 Å².